The quantitative estimate of drug-likeness (QED) is 0.767. The fourth-order valence-electron chi connectivity index (χ4n) is 2.02. The first kappa shape index (κ1) is 18.1. The van der Waals surface area contributed by atoms with Crippen molar-refractivity contribution in [2.24, 2.45) is 0 Å². The summed E-state index contributed by atoms with van der Waals surface area (Å²) in [6.07, 6.45) is 1.40. The van der Waals surface area contributed by atoms with Gasteiger partial charge in [0.05, 0.1) is 33.2 Å². The number of methoxy groups -OCH3 is 3. The average molecular weight is 345 g/mol. The zero-order valence-electron chi connectivity index (χ0n) is 14.2. The van der Waals surface area contributed by atoms with E-state index in [0.717, 1.165) is 5.56 Å². The molecule has 0 fully saturated rings. The Hall–Kier alpha value is -3.29. The van der Waals surface area contributed by atoms with Gasteiger partial charge in [0.1, 0.15) is 0 Å². The van der Waals surface area contributed by atoms with Crippen molar-refractivity contribution >= 4 is 17.5 Å². The molecular formula is C17H19N3O5. The molecule has 0 radical (unpaired) electrons. The third kappa shape index (κ3) is 4.84. The molecule has 1 heterocycles. The molecule has 0 atom stereocenters. The number of carbonyl (C=O) groups excluding carboxylic acids is 2. The molecule has 0 unspecified atom stereocenters. The fourth-order valence-corrected chi connectivity index (χ4v) is 2.02. The van der Waals surface area contributed by atoms with Crippen molar-refractivity contribution in [3.05, 3.63) is 42.1 Å². The minimum absolute atomic E-state index is 0.174. The van der Waals surface area contributed by atoms with Crippen molar-refractivity contribution in [1.29, 1.82) is 0 Å². The van der Waals surface area contributed by atoms with Gasteiger partial charge in [0.25, 0.3) is 0 Å². The largest absolute Gasteiger partial charge is 0.493 e. The van der Waals surface area contributed by atoms with E-state index in [1.165, 1.54) is 27.5 Å². The Kier molecular flexibility index (Phi) is 6.16. The van der Waals surface area contributed by atoms with Crippen molar-refractivity contribution in [3.63, 3.8) is 0 Å². The summed E-state index contributed by atoms with van der Waals surface area (Å²) in [7, 11) is 4.55. The topological polar surface area (TPSA) is 98.8 Å². The Morgan fingerprint density at radius 1 is 0.960 bits per heavy atom. The highest BCUT2D eigenvalue weighted by atomic mass is 16.5. The molecule has 0 aliphatic carbocycles. The van der Waals surface area contributed by atoms with Crippen molar-refractivity contribution in [1.82, 2.24) is 10.3 Å². The average Bonchev–Trinajstić information content (AvgIpc) is 2.66. The second kappa shape index (κ2) is 8.53. The van der Waals surface area contributed by atoms with Crippen molar-refractivity contribution < 1.29 is 23.8 Å². The van der Waals surface area contributed by atoms with Crippen LogP contribution in [0.5, 0.6) is 17.4 Å². The number of rotatable bonds is 6. The van der Waals surface area contributed by atoms with Crippen LogP contribution < -0.4 is 24.8 Å². The minimum atomic E-state index is -0.785. The van der Waals surface area contributed by atoms with Crippen molar-refractivity contribution in [2.75, 3.05) is 26.6 Å². The molecule has 2 aromatic rings. The van der Waals surface area contributed by atoms with Gasteiger partial charge >= 0.3 is 11.8 Å². The first-order valence-corrected chi connectivity index (χ1v) is 7.37. The first-order valence-electron chi connectivity index (χ1n) is 7.37. The molecule has 0 bridgehead atoms. The van der Waals surface area contributed by atoms with E-state index in [0.29, 0.717) is 23.1 Å². The maximum absolute atomic E-state index is 11.9. The predicted octanol–water partition coefficient (Wildman–Crippen LogP) is 1.36. The maximum atomic E-state index is 11.9. The monoisotopic (exact) mass is 345 g/mol. The summed E-state index contributed by atoms with van der Waals surface area (Å²) in [5.41, 5.74) is 1.16. The number of amides is 2. The number of nitrogens with zero attached hydrogens (tertiary/aromatic N) is 1. The number of hydrogen-bond donors (Lipinski definition) is 2. The number of anilines is 1. The maximum Gasteiger partial charge on any atom is 0.313 e. The van der Waals surface area contributed by atoms with E-state index in [1.807, 2.05) is 0 Å². The number of benzene rings is 1. The van der Waals surface area contributed by atoms with Gasteiger partial charge in [-0.2, -0.15) is 0 Å². The molecule has 8 nitrogen and oxygen atoms in total. The van der Waals surface area contributed by atoms with E-state index in [4.69, 9.17) is 14.2 Å². The number of carbonyl (C=O) groups is 2. The molecule has 2 N–H and O–H groups in total. The summed E-state index contributed by atoms with van der Waals surface area (Å²) < 4.78 is 15.3. The van der Waals surface area contributed by atoms with E-state index in [9.17, 15) is 9.59 Å². The van der Waals surface area contributed by atoms with Gasteiger partial charge in [-0.1, -0.05) is 6.07 Å². The summed E-state index contributed by atoms with van der Waals surface area (Å²) in [6, 6.07) is 8.39. The van der Waals surface area contributed by atoms with Gasteiger partial charge in [0, 0.05) is 12.6 Å². The van der Waals surface area contributed by atoms with Crippen LogP contribution in [0.25, 0.3) is 0 Å². The Bertz CT molecular complexity index is 746. The molecular weight excluding hydrogens is 326 g/mol. The Morgan fingerprint density at radius 3 is 2.32 bits per heavy atom. The van der Waals surface area contributed by atoms with Crippen LogP contribution in [0.2, 0.25) is 0 Å². The van der Waals surface area contributed by atoms with Gasteiger partial charge in [0.2, 0.25) is 5.88 Å². The number of pyridine rings is 1. The van der Waals surface area contributed by atoms with Gasteiger partial charge in [0.15, 0.2) is 11.5 Å². The second-order valence-electron chi connectivity index (χ2n) is 4.92. The van der Waals surface area contributed by atoms with E-state index in [2.05, 4.69) is 15.6 Å². The normalized spacial score (nSPS) is 9.88. The standard InChI is InChI=1S/C17H19N3O5/c1-23-13-6-4-11(8-14(13)24-2)9-19-16(21)17(22)20-12-5-7-15(25-3)18-10-12/h4-8,10H,9H2,1-3H3,(H,19,21)(H,20,22). The lowest BCUT2D eigenvalue weighted by Crippen LogP contribution is -2.34. The lowest BCUT2D eigenvalue weighted by Gasteiger charge is -2.10. The van der Waals surface area contributed by atoms with Crippen molar-refractivity contribution in [3.8, 4) is 17.4 Å². The summed E-state index contributed by atoms with van der Waals surface area (Å²) in [6.45, 7) is 0.174. The second-order valence-corrected chi connectivity index (χ2v) is 4.92. The number of aromatic nitrogens is 1. The smallest absolute Gasteiger partial charge is 0.313 e. The highest BCUT2D eigenvalue weighted by molar-refractivity contribution is 6.39. The van der Waals surface area contributed by atoms with E-state index < -0.39 is 11.8 Å². The Morgan fingerprint density at radius 2 is 1.72 bits per heavy atom. The summed E-state index contributed by atoms with van der Waals surface area (Å²) >= 11 is 0. The van der Waals surface area contributed by atoms with E-state index in [1.54, 1.807) is 30.3 Å². The predicted molar refractivity (Wildman–Crippen MR) is 90.8 cm³/mol. The van der Waals surface area contributed by atoms with Crippen LogP contribution in [0.3, 0.4) is 0 Å². The zero-order valence-corrected chi connectivity index (χ0v) is 14.2. The van der Waals surface area contributed by atoms with Crippen LogP contribution in [0.15, 0.2) is 36.5 Å². The number of ether oxygens (including phenoxy) is 3. The third-order valence-corrected chi connectivity index (χ3v) is 3.31. The molecule has 2 amide bonds. The van der Waals surface area contributed by atoms with Crippen molar-refractivity contribution in [2.45, 2.75) is 6.54 Å². The van der Waals surface area contributed by atoms with Crippen LogP contribution in [0, 0.1) is 0 Å². The fraction of sp³-hybridized carbons (Fsp3) is 0.235. The summed E-state index contributed by atoms with van der Waals surface area (Å²) in [5.74, 6) is -0.000664. The van der Waals surface area contributed by atoms with Gasteiger partial charge in [-0.3, -0.25) is 9.59 Å². The third-order valence-electron chi connectivity index (χ3n) is 3.31. The van der Waals surface area contributed by atoms with E-state index >= 15 is 0 Å². The Labute approximate surface area is 145 Å². The molecule has 0 saturated carbocycles. The highest BCUT2D eigenvalue weighted by Crippen LogP contribution is 2.27. The summed E-state index contributed by atoms with van der Waals surface area (Å²) in [5, 5.41) is 4.99. The molecule has 25 heavy (non-hydrogen) atoms. The molecule has 0 spiro atoms. The van der Waals surface area contributed by atoms with E-state index in [-0.39, 0.29) is 6.54 Å². The van der Waals surface area contributed by atoms with Crippen LogP contribution >= 0.6 is 0 Å². The Balaban J connectivity index is 1.91. The van der Waals surface area contributed by atoms with Gasteiger partial charge in [-0.05, 0) is 23.8 Å². The van der Waals surface area contributed by atoms with Gasteiger partial charge < -0.3 is 24.8 Å². The van der Waals surface area contributed by atoms with Crippen LogP contribution in [-0.2, 0) is 16.1 Å². The molecule has 2 rings (SSSR count). The lowest BCUT2D eigenvalue weighted by atomic mass is 10.2. The minimum Gasteiger partial charge on any atom is -0.493 e. The number of hydrogen-bond acceptors (Lipinski definition) is 6. The first-order chi connectivity index (χ1) is 12.1. The molecule has 0 saturated heterocycles. The molecule has 0 aliphatic rings. The van der Waals surface area contributed by atoms with Gasteiger partial charge in [-0.25, -0.2) is 4.98 Å². The molecule has 1 aromatic carbocycles. The zero-order chi connectivity index (χ0) is 18.2. The molecule has 132 valence electrons. The highest BCUT2D eigenvalue weighted by Gasteiger charge is 2.14. The lowest BCUT2D eigenvalue weighted by molar-refractivity contribution is -0.136. The molecule has 0 aliphatic heterocycles. The van der Waals surface area contributed by atoms with Crippen LogP contribution in [0.4, 0.5) is 5.69 Å². The van der Waals surface area contributed by atoms with Gasteiger partial charge in [-0.15, -0.1) is 0 Å². The van der Waals surface area contributed by atoms with Crippen LogP contribution in [-0.4, -0.2) is 38.1 Å². The molecule has 8 heteroatoms. The SMILES string of the molecule is COc1ccc(NC(=O)C(=O)NCc2ccc(OC)c(OC)c2)cn1. The number of nitrogens with one attached hydrogen (secondary N) is 2. The molecule has 1 aromatic heterocycles. The summed E-state index contributed by atoms with van der Waals surface area (Å²) in [4.78, 5) is 27.7. The van der Waals surface area contributed by atoms with Crippen LogP contribution in [0.1, 0.15) is 5.56 Å².